The van der Waals surface area contributed by atoms with Gasteiger partial charge in [0, 0.05) is 37.3 Å². The highest BCUT2D eigenvalue weighted by atomic mass is 127. The van der Waals surface area contributed by atoms with Crippen LogP contribution >= 0.6 is 24.0 Å². The first-order valence-electron chi connectivity index (χ1n) is 8.52. The first kappa shape index (κ1) is 23.7. The predicted octanol–water partition coefficient (Wildman–Crippen LogP) is 3.20. The van der Waals surface area contributed by atoms with Crippen LogP contribution in [0, 0.1) is 0 Å². The molecule has 0 bridgehead atoms. The molecule has 8 heteroatoms. The number of nitrogens with zero attached hydrogens (tertiary/aromatic N) is 1. The summed E-state index contributed by atoms with van der Waals surface area (Å²) in [4.78, 5) is 4.26. The third-order valence-electron chi connectivity index (χ3n) is 4.09. The molecule has 0 aliphatic carbocycles. The Morgan fingerprint density at radius 3 is 2.07 bits per heavy atom. The van der Waals surface area contributed by atoms with E-state index in [9.17, 15) is 0 Å². The Bertz CT molecular complexity index is 784. The van der Waals surface area contributed by atoms with Crippen LogP contribution < -0.4 is 29.6 Å². The van der Waals surface area contributed by atoms with Crippen molar-refractivity contribution in [2.75, 3.05) is 35.5 Å². The van der Waals surface area contributed by atoms with E-state index in [0.29, 0.717) is 30.5 Å². The highest BCUT2D eigenvalue weighted by Crippen LogP contribution is 2.30. The second kappa shape index (κ2) is 12.2. The van der Waals surface area contributed by atoms with E-state index in [-0.39, 0.29) is 24.0 Å². The van der Waals surface area contributed by atoms with Gasteiger partial charge in [-0.05, 0) is 18.2 Å². The molecule has 0 saturated heterocycles. The minimum Gasteiger partial charge on any atom is -0.497 e. The number of benzene rings is 2. The summed E-state index contributed by atoms with van der Waals surface area (Å²) in [6.07, 6.45) is 0. The van der Waals surface area contributed by atoms with E-state index in [1.54, 1.807) is 35.5 Å². The third kappa shape index (κ3) is 6.08. The topological polar surface area (TPSA) is 73.3 Å². The minimum absolute atomic E-state index is 0. The number of ether oxygens (including phenoxy) is 4. The van der Waals surface area contributed by atoms with Crippen LogP contribution in [0.1, 0.15) is 11.1 Å². The van der Waals surface area contributed by atoms with Crippen LogP contribution in [0.3, 0.4) is 0 Å². The molecule has 154 valence electrons. The molecule has 28 heavy (non-hydrogen) atoms. The number of nitrogens with one attached hydrogen (secondary N) is 2. The summed E-state index contributed by atoms with van der Waals surface area (Å²) in [5, 5.41) is 6.56. The first-order valence-corrected chi connectivity index (χ1v) is 8.52. The molecule has 2 aromatic carbocycles. The molecule has 0 aromatic heterocycles. The Labute approximate surface area is 183 Å². The Morgan fingerprint density at radius 1 is 0.821 bits per heavy atom. The zero-order chi connectivity index (χ0) is 19.6. The molecule has 0 amide bonds. The maximum Gasteiger partial charge on any atom is 0.191 e. The summed E-state index contributed by atoms with van der Waals surface area (Å²) < 4.78 is 21.5. The van der Waals surface area contributed by atoms with Gasteiger partial charge in [-0.25, -0.2) is 0 Å². The smallest absolute Gasteiger partial charge is 0.191 e. The van der Waals surface area contributed by atoms with Crippen molar-refractivity contribution in [3.8, 4) is 23.0 Å². The fraction of sp³-hybridized carbons (Fsp3) is 0.350. The molecule has 2 N–H and O–H groups in total. The molecular formula is C20H28IN3O4. The maximum atomic E-state index is 5.46. The molecule has 0 radical (unpaired) electrons. The second-order valence-electron chi connectivity index (χ2n) is 5.61. The number of guanidine groups is 1. The van der Waals surface area contributed by atoms with Crippen LogP contribution in [0.2, 0.25) is 0 Å². The van der Waals surface area contributed by atoms with E-state index in [2.05, 4.69) is 15.6 Å². The second-order valence-corrected chi connectivity index (χ2v) is 5.61. The zero-order valence-electron chi connectivity index (χ0n) is 16.9. The quantitative estimate of drug-likeness (QED) is 0.329. The number of halogens is 1. The molecule has 0 aliphatic heterocycles. The molecule has 7 nitrogen and oxygen atoms in total. The molecule has 2 rings (SSSR count). The summed E-state index contributed by atoms with van der Waals surface area (Å²) >= 11 is 0. The van der Waals surface area contributed by atoms with Gasteiger partial charge in [0.1, 0.15) is 11.5 Å². The van der Waals surface area contributed by atoms with E-state index >= 15 is 0 Å². The van der Waals surface area contributed by atoms with Crippen molar-refractivity contribution >= 4 is 29.9 Å². The van der Waals surface area contributed by atoms with Gasteiger partial charge in [-0.15, -0.1) is 24.0 Å². The molecule has 0 unspecified atom stereocenters. The number of hydrogen-bond donors (Lipinski definition) is 2. The van der Waals surface area contributed by atoms with Gasteiger partial charge in [-0.1, -0.05) is 12.1 Å². The highest BCUT2D eigenvalue weighted by Gasteiger charge is 2.10. The van der Waals surface area contributed by atoms with Gasteiger partial charge >= 0.3 is 0 Å². The third-order valence-corrected chi connectivity index (χ3v) is 4.09. The summed E-state index contributed by atoms with van der Waals surface area (Å²) in [6, 6.07) is 11.5. The lowest BCUT2D eigenvalue weighted by molar-refractivity contribution is 0.351. The zero-order valence-corrected chi connectivity index (χ0v) is 19.2. The fourth-order valence-corrected chi connectivity index (χ4v) is 2.67. The van der Waals surface area contributed by atoms with Gasteiger partial charge in [0.2, 0.25) is 0 Å². The van der Waals surface area contributed by atoms with E-state index < -0.39 is 0 Å². The van der Waals surface area contributed by atoms with E-state index in [4.69, 9.17) is 18.9 Å². The number of methoxy groups -OCH3 is 4. The number of rotatable bonds is 8. The van der Waals surface area contributed by atoms with Gasteiger partial charge in [0.15, 0.2) is 17.5 Å². The standard InChI is InChI=1S/C20H27N3O4.HI/c1-21-20(22-12-14-9-10-16(24-2)11-18(14)26-4)23-13-15-7-6-8-17(25-3)19(15)27-5;/h6-11H,12-13H2,1-5H3,(H2,21,22,23);1H. The fourth-order valence-electron chi connectivity index (χ4n) is 2.67. The lowest BCUT2D eigenvalue weighted by Gasteiger charge is -2.16. The molecule has 0 fully saturated rings. The lowest BCUT2D eigenvalue weighted by atomic mass is 10.2. The largest absolute Gasteiger partial charge is 0.497 e. The average Bonchev–Trinajstić information content (AvgIpc) is 2.73. The van der Waals surface area contributed by atoms with Crippen LogP contribution in [-0.4, -0.2) is 41.4 Å². The van der Waals surface area contributed by atoms with Crippen LogP contribution in [0.15, 0.2) is 41.4 Å². The molecule has 2 aromatic rings. The average molecular weight is 501 g/mol. The number of aliphatic imine (C=N–C) groups is 1. The summed E-state index contributed by atoms with van der Waals surface area (Å²) in [5.41, 5.74) is 1.97. The van der Waals surface area contributed by atoms with Gasteiger partial charge in [0.05, 0.1) is 28.4 Å². The Hall–Kier alpha value is -2.36. The van der Waals surface area contributed by atoms with Gasteiger partial charge in [-0.3, -0.25) is 4.99 Å². The van der Waals surface area contributed by atoms with E-state index in [1.165, 1.54) is 0 Å². The SMILES string of the molecule is CN=C(NCc1ccc(OC)cc1OC)NCc1cccc(OC)c1OC.I. The van der Waals surface area contributed by atoms with Crippen molar-refractivity contribution < 1.29 is 18.9 Å². The molecule has 0 saturated carbocycles. The van der Waals surface area contributed by atoms with Gasteiger partial charge in [-0.2, -0.15) is 0 Å². The van der Waals surface area contributed by atoms with Crippen LogP contribution in [-0.2, 0) is 13.1 Å². The summed E-state index contributed by atoms with van der Waals surface area (Å²) in [6.45, 7) is 1.10. The Kier molecular flexibility index (Phi) is 10.3. The van der Waals surface area contributed by atoms with Gasteiger partial charge in [0.25, 0.3) is 0 Å². The molecule has 0 atom stereocenters. The Morgan fingerprint density at radius 2 is 1.50 bits per heavy atom. The van der Waals surface area contributed by atoms with Crippen molar-refractivity contribution in [3.05, 3.63) is 47.5 Å². The lowest BCUT2D eigenvalue weighted by Crippen LogP contribution is -2.36. The highest BCUT2D eigenvalue weighted by molar-refractivity contribution is 14.0. The van der Waals surface area contributed by atoms with Crippen molar-refractivity contribution in [2.45, 2.75) is 13.1 Å². The van der Waals surface area contributed by atoms with Crippen molar-refractivity contribution in [2.24, 2.45) is 4.99 Å². The van der Waals surface area contributed by atoms with Crippen LogP contribution in [0.5, 0.6) is 23.0 Å². The normalized spacial score (nSPS) is 10.5. The van der Waals surface area contributed by atoms with Crippen molar-refractivity contribution in [3.63, 3.8) is 0 Å². The van der Waals surface area contributed by atoms with Gasteiger partial charge < -0.3 is 29.6 Å². The Balaban J connectivity index is 0.00000392. The van der Waals surface area contributed by atoms with Crippen LogP contribution in [0.4, 0.5) is 0 Å². The molecule has 0 aliphatic rings. The van der Waals surface area contributed by atoms with E-state index in [0.717, 1.165) is 22.6 Å². The van der Waals surface area contributed by atoms with Crippen LogP contribution in [0.25, 0.3) is 0 Å². The minimum atomic E-state index is 0. The number of hydrogen-bond acceptors (Lipinski definition) is 5. The maximum absolute atomic E-state index is 5.46. The van der Waals surface area contributed by atoms with Crippen molar-refractivity contribution in [1.29, 1.82) is 0 Å². The number of para-hydroxylation sites is 1. The molecule has 0 spiro atoms. The summed E-state index contributed by atoms with van der Waals surface area (Å²) in [5.74, 6) is 3.58. The monoisotopic (exact) mass is 501 g/mol. The first-order chi connectivity index (χ1) is 13.2. The van der Waals surface area contributed by atoms with E-state index in [1.807, 2.05) is 36.4 Å². The van der Waals surface area contributed by atoms with Crippen molar-refractivity contribution in [1.82, 2.24) is 10.6 Å². The summed E-state index contributed by atoms with van der Waals surface area (Å²) in [7, 11) is 8.25. The molecular weight excluding hydrogens is 473 g/mol. The predicted molar refractivity (Wildman–Crippen MR) is 122 cm³/mol. The molecule has 0 heterocycles.